The summed E-state index contributed by atoms with van der Waals surface area (Å²) < 4.78 is 0. The summed E-state index contributed by atoms with van der Waals surface area (Å²) >= 11 is 0. The summed E-state index contributed by atoms with van der Waals surface area (Å²) in [7, 11) is 0. The van der Waals surface area contributed by atoms with Crippen molar-refractivity contribution >= 4 is 106 Å². The number of hydrogen-bond acceptors (Lipinski definition) is 10. The standard InChI is InChI=1S/C46H56N6O6.4ClH/c53-29-17-31-13-25-49(26-14-31)39-11-9-37-41-33(39)5-1-7-35(41)43(55)51(45(37)57)23-3-19-47-21-22-48-20-4-24-52-44(56)36-8-2-6-34-40(12-10-38(42(34)36)46(52)58)50-27-15-32(16-28-50)18-30-54;;;;/h1-2,5-12,31-32,47-48,53-54H,3-4,13-30H2;4*1H. The van der Waals surface area contributed by atoms with Gasteiger partial charge in [-0.05, 0) is 113 Å². The largest absolute Gasteiger partial charge is 0.396 e. The molecule has 0 bridgehead atoms. The van der Waals surface area contributed by atoms with Gasteiger partial charge < -0.3 is 30.6 Å². The minimum absolute atomic E-state index is 0. The number of piperidine rings is 2. The molecule has 338 valence electrons. The number of amides is 4. The molecule has 4 amide bonds. The highest BCUT2D eigenvalue weighted by Crippen LogP contribution is 2.39. The van der Waals surface area contributed by atoms with Crippen LogP contribution in [0.15, 0.2) is 60.7 Å². The predicted octanol–water partition coefficient (Wildman–Crippen LogP) is 6.73. The van der Waals surface area contributed by atoms with Crippen LogP contribution in [0.4, 0.5) is 11.4 Å². The smallest absolute Gasteiger partial charge is 0.261 e. The first-order valence-electron chi connectivity index (χ1n) is 21.4. The number of nitrogens with one attached hydrogen (secondary N) is 2. The van der Waals surface area contributed by atoms with E-state index in [1.165, 1.54) is 9.80 Å². The Bertz CT molecular complexity index is 2000. The van der Waals surface area contributed by atoms with Crippen molar-refractivity contribution in [1.82, 2.24) is 20.4 Å². The molecule has 16 heteroatoms. The maximum Gasteiger partial charge on any atom is 0.261 e. The number of anilines is 2. The van der Waals surface area contributed by atoms with Gasteiger partial charge in [0.2, 0.25) is 0 Å². The molecule has 0 radical (unpaired) electrons. The van der Waals surface area contributed by atoms with E-state index in [0.29, 0.717) is 86.2 Å². The summed E-state index contributed by atoms with van der Waals surface area (Å²) in [6.45, 7) is 7.35. The zero-order chi connectivity index (χ0) is 40.2. The number of rotatable bonds is 17. The van der Waals surface area contributed by atoms with Gasteiger partial charge in [0.25, 0.3) is 23.6 Å². The Morgan fingerprint density at radius 2 is 0.839 bits per heavy atom. The number of carbonyl (C=O) groups is 4. The van der Waals surface area contributed by atoms with Crippen LogP contribution in [-0.4, -0.2) is 122 Å². The van der Waals surface area contributed by atoms with Crippen LogP contribution in [0, 0.1) is 11.8 Å². The van der Waals surface area contributed by atoms with E-state index in [4.69, 9.17) is 0 Å². The molecule has 0 saturated carbocycles. The molecule has 12 nitrogen and oxygen atoms in total. The summed E-state index contributed by atoms with van der Waals surface area (Å²) in [6, 6.07) is 19.3. The van der Waals surface area contributed by atoms with E-state index in [-0.39, 0.29) is 86.5 Å². The van der Waals surface area contributed by atoms with Crippen LogP contribution in [0.5, 0.6) is 0 Å². The maximum atomic E-state index is 13.6. The summed E-state index contributed by atoms with van der Waals surface area (Å²) in [5, 5.41) is 28.9. The predicted molar refractivity (Wildman–Crippen MR) is 256 cm³/mol. The van der Waals surface area contributed by atoms with Gasteiger partial charge in [0.05, 0.1) is 0 Å². The number of hydrogen-bond donors (Lipinski definition) is 4. The van der Waals surface area contributed by atoms with Crippen LogP contribution in [0.25, 0.3) is 21.5 Å². The van der Waals surface area contributed by atoms with Crippen molar-refractivity contribution in [2.45, 2.75) is 51.4 Å². The van der Waals surface area contributed by atoms with E-state index < -0.39 is 0 Å². The number of carbonyl (C=O) groups excluding carboxylic acids is 4. The normalized spacial score (nSPS) is 16.6. The fourth-order valence-corrected chi connectivity index (χ4v) is 9.66. The third-order valence-corrected chi connectivity index (χ3v) is 12.9. The molecule has 0 aliphatic carbocycles. The fraction of sp³-hybridized carbons (Fsp3) is 0.478. The van der Waals surface area contributed by atoms with E-state index >= 15 is 0 Å². The molecule has 4 aliphatic heterocycles. The van der Waals surface area contributed by atoms with Crippen LogP contribution in [0.1, 0.15) is 92.8 Å². The lowest BCUT2D eigenvalue weighted by molar-refractivity contribution is 0.0593. The molecule has 4 aromatic carbocycles. The topological polar surface area (TPSA) is 146 Å². The molecule has 4 aromatic rings. The molecular formula is C46H60Cl4N6O6. The molecular weight excluding hydrogens is 874 g/mol. The lowest BCUT2D eigenvalue weighted by Crippen LogP contribution is -2.42. The molecule has 0 unspecified atom stereocenters. The van der Waals surface area contributed by atoms with Crippen molar-refractivity contribution in [2.75, 3.05) is 88.5 Å². The van der Waals surface area contributed by atoms with Gasteiger partial charge in [0.1, 0.15) is 0 Å². The third-order valence-electron chi connectivity index (χ3n) is 12.9. The highest BCUT2D eigenvalue weighted by Gasteiger charge is 2.35. The first-order chi connectivity index (χ1) is 28.4. The number of halogens is 4. The third kappa shape index (κ3) is 10.3. The molecule has 0 aromatic heterocycles. The fourth-order valence-electron chi connectivity index (χ4n) is 9.66. The van der Waals surface area contributed by atoms with Crippen LogP contribution in [-0.2, 0) is 0 Å². The number of benzene rings is 4. The summed E-state index contributed by atoms with van der Waals surface area (Å²) in [4.78, 5) is 62.0. The van der Waals surface area contributed by atoms with Gasteiger partial charge >= 0.3 is 0 Å². The Morgan fingerprint density at radius 1 is 0.484 bits per heavy atom. The van der Waals surface area contributed by atoms with Crippen LogP contribution >= 0.6 is 49.6 Å². The summed E-state index contributed by atoms with van der Waals surface area (Å²) in [5.41, 5.74) is 4.42. The molecule has 62 heavy (non-hydrogen) atoms. The molecule has 2 fully saturated rings. The average Bonchev–Trinajstić information content (AvgIpc) is 3.25. The number of nitrogens with zero attached hydrogens (tertiary/aromatic N) is 4. The first kappa shape index (κ1) is 50.9. The molecule has 0 spiro atoms. The van der Waals surface area contributed by atoms with Crippen LogP contribution in [0.2, 0.25) is 0 Å². The van der Waals surface area contributed by atoms with Crippen LogP contribution in [0.3, 0.4) is 0 Å². The zero-order valence-corrected chi connectivity index (χ0v) is 38.3. The first-order valence-corrected chi connectivity index (χ1v) is 21.4. The second-order valence-corrected chi connectivity index (χ2v) is 16.3. The van der Waals surface area contributed by atoms with Gasteiger partial charge in [-0.3, -0.25) is 29.0 Å². The van der Waals surface area contributed by atoms with Crippen molar-refractivity contribution in [3.63, 3.8) is 0 Å². The molecule has 4 aliphatic rings. The quantitative estimate of drug-likeness (QED) is 0.0665. The second kappa shape index (κ2) is 23.3. The minimum Gasteiger partial charge on any atom is -0.396 e. The van der Waals surface area contributed by atoms with Gasteiger partial charge in [-0.2, -0.15) is 0 Å². The van der Waals surface area contributed by atoms with E-state index in [2.05, 4.69) is 20.4 Å². The maximum absolute atomic E-state index is 13.6. The minimum atomic E-state index is -0.245. The molecule has 0 atom stereocenters. The van der Waals surface area contributed by atoms with E-state index in [0.717, 1.165) is 97.6 Å². The number of aliphatic hydroxyl groups is 2. The Labute approximate surface area is 388 Å². The monoisotopic (exact) mass is 932 g/mol. The summed E-state index contributed by atoms with van der Waals surface area (Å²) in [6.07, 6.45) is 7.00. The van der Waals surface area contributed by atoms with Gasteiger partial charge in [-0.15, -0.1) is 49.6 Å². The Morgan fingerprint density at radius 3 is 1.19 bits per heavy atom. The molecule has 4 N–H and O–H groups in total. The van der Waals surface area contributed by atoms with Crippen molar-refractivity contribution in [2.24, 2.45) is 11.8 Å². The Hall–Kier alpha value is -3.72. The summed E-state index contributed by atoms with van der Waals surface area (Å²) in [5.74, 6) is 0.0826. The van der Waals surface area contributed by atoms with Gasteiger partial charge in [0.15, 0.2) is 0 Å². The SMILES string of the molecule is Cl.Cl.Cl.Cl.O=C1c2cccc3c(N4CCC(CCO)CC4)ccc(c23)C(=O)N1CCCNCCNCCCN1C(=O)c2cccc3c(N4CCC(CCO)CC4)ccc(c23)C1=O. The van der Waals surface area contributed by atoms with Crippen molar-refractivity contribution in [3.05, 3.63) is 82.9 Å². The lowest BCUT2D eigenvalue weighted by Gasteiger charge is -2.35. The molecule has 2 saturated heterocycles. The van der Waals surface area contributed by atoms with Crippen LogP contribution < -0.4 is 20.4 Å². The van der Waals surface area contributed by atoms with E-state index in [1.807, 2.05) is 60.7 Å². The molecule has 4 heterocycles. The van der Waals surface area contributed by atoms with Crippen molar-refractivity contribution in [3.8, 4) is 0 Å². The van der Waals surface area contributed by atoms with Gasteiger partial charge in [-0.25, -0.2) is 0 Å². The van der Waals surface area contributed by atoms with E-state index in [1.54, 1.807) is 0 Å². The van der Waals surface area contributed by atoms with Gasteiger partial charge in [-0.1, -0.05) is 24.3 Å². The number of imide groups is 2. The highest BCUT2D eigenvalue weighted by molar-refractivity contribution is 6.28. The van der Waals surface area contributed by atoms with E-state index in [9.17, 15) is 29.4 Å². The second-order valence-electron chi connectivity index (χ2n) is 16.3. The van der Waals surface area contributed by atoms with Crippen molar-refractivity contribution < 1.29 is 29.4 Å². The Balaban J connectivity index is 0.00000211. The van der Waals surface area contributed by atoms with Crippen molar-refractivity contribution in [1.29, 1.82) is 0 Å². The van der Waals surface area contributed by atoms with Gasteiger partial charge in [0, 0.05) is 121 Å². The average molecular weight is 935 g/mol. The molecule has 8 rings (SSSR count). The number of aliphatic hydroxyl groups excluding tert-OH is 2. The zero-order valence-electron chi connectivity index (χ0n) is 35.0. The lowest BCUT2D eigenvalue weighted by atomic mass is 9.90. The highest BCUT2D eigenvalue weighted by atomic mass is 35.5. The Kier molecular flexibility index (Phi) is 19.1.